The van der Waals surface area contributed by atoms with Gasteiger partial charge in [-0.3, -0.25) is 0 Å². The van der Waals surface area contributed by atoms with Crippen molar-refractivity contribution >= 4 is 49.7 Å². The predicted molar refractivity (Wildman–Crippen MR) is 106 cm³/mol. The van der Waals surface area contributed by atoms with Crippen molar-refractivity contribution in [3.05, 3.63) is 63.5 Å². The highest BCUT2D eigenvalue weighted by Gasteiger charge is 2.34. The van der Waals surface area contributed by atoms with E-state index in [0.717, 1.165) is 22.1 Å². The maximum Gasteiger partial charge on any atom is 0.373 e. The molecule has 0 saturated carbocycles. The molecule has 0 amide bonds. The van der Waals surface area contributed by atoms with Gasteiger partial charge in [0.2, 0.25) is 5.69 Å². The lowest BCUT2D eigenvalue weighted by Gasteiger charge is -2.03. The number of hydrogen-bond donors (Lipinski definition) is 1. The molecule has 0 aliphatic heterocycles. The Bertz CT molecular complexity index is 1390. The first-order valence-electron chi connectivity index (χ1n) is 8.14. The molecule has 0 atom stereocenters. The van der Waals surface area contributed by atoms with Crippen LogP contribution in [-0.2, 0) is 10.0 Å². The van der Waals surface area contributed by atoms with E-state index < -0.39 is 32.6 Å². The van der Waals surface area contributed by atoms with Gasteiger partial charge in [-0.1, -0.05) is 23.2 Å². The molecule has 0 unspecified atom stereocenters. The summed E-state index contributed by atoms with van der Waals surface area (Å²) in [4.78, 5) is 3.98. The standard InChI is InChI=1S/C17H8Cl2F2N4O4S2/c18-8-1-3-9(4-2-8)25-15(16(26)29-24-25)31(27,28)23-17-22-14(7-30-17)10-5-11(19)13(21)6-12(10)20/h1-7H,(H-,22,23,24,26). The molecule has 2 heterocycles. The maximum absolute atomic E-state index is 14.1. The smallest absolute Gasteiger partial charge is 0.373 e. The quantitative estimate of drug-likeness (QED) is 0.328. The zero-order valence-electron chi connectivity index (χ0n) is 14.8. The second-order valence-electron chi connectivity index (χ2n) is 5.94. The molecule has 0 spiro atoms. The van der Waals surface area contributed by atoms with Crippen LogP contribution in [0.15, 0.2) is 51.3 Å². The molecule has 0 bridgehead atoms. The highest BCUT2D eigenvalue weighted by atomic mass is 35.5. The zero-order chi connectivity index (χ0) is 22.3. The molecule has 0 aliphatic carbocycles. The van der Waals surface area contributed by atoms with Crippen molar-refractivity contribution in [3.8, 4) is 22.9 Å². The Kier molecular flexibility index (Phi) is 5.56. The van der Waals surface area contributed by atoms with Gasteiger partial charge in [-0.15, -0.1) is 11.3 Å². The largest absolute Gasteiger partial charge is 0.538 e. The molecule has 2 aromatic heterocycles. The minimum atomic E-state index is -4.50. The molecule has 0 fully saturated rings. The highest BCUT2D eigenvalue weighted by molar-refractivity contribution is 7.92. The van der Waals surface area contributed by atoms with Crippen LogP contribution in [0, 0.1) is 11.6 Å². The Morgan fingerprint density at radius 2 is 1.84 bits per heavy atom. The minimum absolute atomic E-state index is 0.0142. The van der Waals surface area contributed by atoms with E-state index in [0.29, 0.717) is 11.1 Å². The summed E-state index contributed by atoms with van der Waals surface area (Å²) in [5.74, 6) is -3.08. The third-order valence-electron chi connectivity index (χ3n) is 3.91. The molecular weight excluding hydrogens is 497 g/mol. The van der Waals surface area contributed by atoms with E-state index in [2.05, 4.69) is 19.5 Å². The molecule has 2 aromatic carbocycles. The fraction of sp³-hybridized carbons (Fsp3) is 0. The van der Waals surface area contributed by atoms with Crippen LogP contribution < -0.4 is 14.5 Å². The maximum atomic E-state index is 14.1. The summed E-state index contributed by atoms with van der Waals surface area (Å²) >= 11 is 12.3. The topological polar surface area (TPSA) is 112 Å². The third-order valence-corrected chi connectivity index (χ3v) is 6.65. The van der Waals surface area contributed by atoms with Crippen molar-refractivity contribution in [2.45, 2.75) is 5.03 Å². The van der Waals surface area contributed by atoms with Crippen molar-refractivity contribution in [1.82, 2.24) is 10.3 Å². The van der Waals surface area contributed by atoms with Gasteiger partial charge in [-0.05, 0) is 22.9 Å². The van der Waals surface area contributed by atoms with Crippen LogP contribution in [0.25, 0.3) is 16.9 Å². The normalized spacial score (nSPS) is 11.6. The van der Waals surface area contributed by atoms with Crippen LogP contribution >= 0.6 is 34.5 Å². The van der Waals surface area contributed by atoms with Gasteiger partial charge in [0.15, 0.2) is 11.1 Å². The highest BCUT2D eigenvalue weighted by Crippen LogP contribution is 2.31. The molecule has 14 heteroatoms. The lowest BCUT2D eigenvalue weighted by Crippen LogP contribution is -2.40. The summed E-state index contributed by atoms with van der Waals surface area (Å²) in [5, 5.41) is 15.9. The second kappa shape index (κ2) is 8.04. The number of nitrogens with zero attached hydrogens (tertiary/aromatic N) is 3. The fourth-order valence-electron chi connectivity index (χ4n) is 2.54. The van der Waals surface area contributed by atoms with Gasteiger partial charge in [-0.25, -0.2) is 18.5 Å². The van der Waals surface area contributed by atoms with Crippen molar-refractivity contribution in [1.29, 1.82) is 0 Å². The minimum Gasteiger partial charge on any atom is -0.538 e. The van der Waals surface area contributed by atoms with Gasteiger partial charge < -0.3 is 9.63 Å². The van der Waals surface area contributed by atoms with Crippen LogP contribution in [0.2, 0.25) is 10.0 Å². The number of sulfonamides is 1. The van der Waals surface area contributed by atoms with E-state index in [1.807, 2.05) is 0 Å². The molecule has 160 valence electrons. The third kappa shape index (κ3) is 4.19. The zero-order valence-corrected chi connectivity index (χ0v) is 18.0. The average molecular weight is 505 g/mol. The van der Waals surface area contributed by atoms with Crippen molar-refractivity contribution in [2.24, 2.45) is 0 Å². The van der Waals surface area contributed by atoms with Crippen LogP contribution in [0.3, 0.4) is 0 Å². The number of nitrogens with one attached hydrogen (secondary N) is 1. The first-order chi connectivity index (χ1) is 14.7. The van der Waals surface area contributed by atoms with Crippen LogP contribution in [0.5, 0.6) is 5.95 Å². The number of benzene rings is 2. The molecule has 4 rings (SSSR count). The number of hydrogen-bond acceptors (Lipinski definition) is 7. The summed E-state index contributed by atoms with van der Waals surface area (Å²) in [6.07, 6.45) is 0. The van der Waals surface area contributed by atoms with Gasteiger partial charge in [-0.2, -0.15) is 8.42 Å². The van der Waals surface area contributed by atoms with Crippen LogP contribution in [-0.4, -0.2) is 18.7 Å². The van der Waals surface area contributed by atoms with E-state index in [-0.39, 0.29) is 27.1 Å². The van der Waals surface area contributed by atoms with E-state index in [9.17, 15) is 22.3 Å². The predicted octanol–water partition coefficient (Wildman–Crippen LogP) is 3.53. The average Bonchev–Trinajstić information content (AvgIpc) is 3.32. The van der Waals surface area contributed by atoms with Crippen molar-refractivity contribution in [3.63, 3.8) is 0 Å². The van der Waals surface area contributed by atoms with E-state index >= 15 is 0 Å². The molecular formula is C17H8Cl2F2N4O4S2. The molecule has 8 nitrogen and oxygen atoms in total. The summed E-state index contributed by atoms with van der Waals surface area (Å²) in [5.41, 5.74) is 0.0950. The van der Waals surface area contributed by atoms with Crippen molar-refractivity contribution in [2.75, 3.05) is 4.72 Å². The molecule has 0 aliphatic rings. The first-order valence-corrected chi connectivity index (χ1v) is 11.3. The van der Waals surface area contributed by atoms with Crippen LogP contribution in [0.4, 0.5) is 13.9 Å². The Morgan fingerprint density at radius 3 is 2.55 bits per heavy atom. The van der Waals surface area contributed by atoms with Gasteiger partial charge in [0, 0.05) is 34.2 Å². The van der Waals surface area contributed by atoms with E-state index in [1.165, 1.54) is 29.6 Å². The number of anilines is 1. The Morgan fingerprint density at radius 1 is 1.13 bits per heavy atom. The Hall–Kier alpha value is -2.80. The van der Waals surface area contributed by atoms with E-state index in [4.69, 9.17) is 23.2 Å². The van der Waals surface area contributed by atoms with Crippen LogP contribution in [0.1, 0.15) is 0 Å². The number of halogens is 4. The molecule has 1 N–H and O–H groups in total. The summed E-state index contributed by atoms with van der Waals surface area (Å²) in [6, 6.07) is 7.45. The number of thiazole rings is 1. The fourth-order valence-corrected chi connectivity index (χ4v) is 4.90. The van der Waals surface area contributed by atoms with Gasteiger partial charge in [0.1, 0.15) is 11.6 Å². The summed E-state index contributed by atoms with van der Waals surface area (Å²) in [6.45, 7) is 0. The van der Waals surface area contributed by atoms with Gasteiger partial charge in [0.05, 0.1) is 16.0 Å². The number of rotatable bonds is 5. The summed E-state index contributed by atoms with van der Waals surface area (Å²) < 4.78 is 60.5. The van der Waals surface area contributed by atoms with Gasteiger partial charge >= 0.3 is 15.0 Å². The Balaban J connectivity index is 1.68. The lowest BCUT2D eigenvalue weighted by molar-refractivity contribution is -0.706. The second-order valence-corrected chi connectivity index (χ2v) is 9.24. The monoisotopic (exact) mass is 504 g/mol. The SMILES string of the molecule is O=S(=O)(Nc1nc(-c2cc(Cl)c(F)cc2F)cs1)c1c([O-])on[n+]1-c1ccc(Cl)cc1. The molecule has 0 saturated heterocycles. The first kappa shape index (κ1) is 21.4. The van der Waals surface area contributed by atoms with Crippen molar-refractivity contribution < 1.29 is 31.5 Å². The number of aromatic nitrogens is 3. The van der Waals surface area contributed by atoms with E-state index in [1.54, 1.807) is 0 Å². The lowest BCUT2D eigenvalue weighted by atomic mass is 10.1. The molecule has 4 aromatic rings. The van der Waals surface area contributed by atoms with Gasteiger partial charge in [0.25, 0.3) is 0 Å². The molecule has 31 heavy (non-hydrogen) atoms. The summed E-state index contributed by atoms with van der Waals surface area (Å²) in [7, 11) is -4.50. The Labute approximate surface area is 187 Å². The molecule has 0 radical (unpaired) electrons.